The third kappa shape index (κ3) is 3.11. The maximum Gasteiger partial charge on any atom is 0.254 e. The van der Waals surface area contributed by atoms with Crippen LogP contribution in [-0.4, -0.2) is 34.5 Å². The Bertz CT molecular complexity index is 738. The van der Waals surface area contributed by atoms with E-state index in [9.17, 15) is 9.59 Å². The monoisotopic (exact) mass is 313 g/mol. The van der Waals surface area contributed by atoms with E-state index in [1.807, 2.05) is 25.1 Å². The highest BCUT2D eigenvalue weighted by molar-refractivity contribution is 6.01. The van der Waals surface area contributed by atoms with Crippen molar-refractivity contribution < 1.29 is 14.1 Å². The van der Waals surface area contributed by atoms with Crippen molar-refractivity contribution in [2.45, 2.75) is 32.7 Å². The van der Waals surface area contributed by atoms with Crippen molar-refractivity contribution >= 4 is 17.6 Å². The molecule has 23 heavy (non-hydrogen) atoms. The normalized spacial score (nSPS) is 17.3. The second kappa shape index (κ2) is 6.24. The molecule has 1 fully saturated rings. The topological polar surface area (TPSA) is 75.4 Å². The van der Waals surface area contributed by atoms with Crippen molar-refractivity contribution in [1.82, 2.24) is 10.1 Å². The summed E-state index contributed by atoms with van der Waals surface area (Å²) in [6.45, 7) is 4.24. The summed E-state index contributed by atoms with van der Waals surface area (Å²) in [7, 11) is 0. The van der Waals surface area contributed by atoms with Gasteiger partial charge in [-0.15, -0.1) is 0 Å². The first-order valence-corrected chi connectivity index (χ1v) is 7.67. The maximum absolute atomic E-state index is 12.8. The molecule has 1 N–H and O–H groups in total. The highest BCUT2D eigenvalue weighted by Crippen LogP contribution is 2.23. The van der Waals surface area contributed by atoms with E-state index in [4.69, 9.17) is 4.52 Å². The van der Waals surface area contributed by atoms with Gasteiger partial charge in [0, 0.05) is 18.2 Å². The Morgan fingerprint density at radius 3 is 2.78 bits per heavy atom. The van der Waals surface area contributed by atoms with Gasteiger partial charge in [0.25, 0.3) is 5.91 Å². The molecule has 1 saturated heterocycles. The summed E-state index contributed by atoms with van der Waals surface area (Å²) in [6.07, 6.45) is 1.47. The van der Waals surface area contributed by atoms with E-state index < -0.39 is 6.04 Å². The fourth-order valence-corrected chi connectivity index (χ4v) is 2.88. The van der Waals surface area contributed by atoms with Gasteiger partial charge in [0.1, 0.15) is 11.8 Å². The number of carbonyl (C=O) groups is 2. The number of hydrogen-bond acceptors (Lipinski definition) is 4. The number of nitrogens with one attached hydrogen (secondary N) is 1. The van der Waals surface area contributed by atoms with E-state index in [0.29, 0.717) is 30.1 Å². The Kier molecular flexibility index (Phi) is 4.14. The van der Waals surface area contributed by atoms with Gasteiger partial charge in [0.05, 0.1) is 0 Å². The lowest BCUT2D eigenvalue weighted by molar-refractivity contribution is -0.119. The van der Waals surface area contributed by atoms with E-state index in [0.717, 1.165) is 12.0 Å². The van der Waals surface area contributed by atoms with Crippen LogP contribution in [-0.2, 0) is 4.79 Å². The third-order valence-electron chi connectivity index (χ3n) is 4.07. The molecule has 1 aromatic carbocycles. The van der Waals surface area contributed by atoms with Crippen LogP contribution in [0.2, 0.25) is 0 Å². The molecule has 2 heterocycles. The van der Waals surface area contributed by atoms with Crippen molar-refractivity contribution in [3.8, 4) is 0 Å². The number of nitrogens with zero attached hydrogens (tertiary/aromatic N) is 2. The van der Waals surface area contributed by atoms with Crippen molar-refractivity contribution in [2.24, 2.45) is 0 Å². The lowest BCUT2D eigenvalue weighted by Gasteiger charge is -2.24. The second-order valence-corrected chi connectivity index (χ2v) is 5.78. The number of amides is 2. The Morgan fingerprint density at radius 2 is 2.09 bits per heavy atom. The number of aromatic nitrogens is 1. The van der Waals surface area contributed by atoms with Gasteiger partial charge in [-0.05, 0) is 38.3 Å². The zero-order valence-electron chi connectivity index (χ0n) is 13.2. The molecule has 0 radical (unpaired) electrons. The summed E-state index contributed by atoms with van der Waals surface area (Å²) in [5.41, 5.74) is 1.56. The number of rotatable bonds is 3. The van der Waals surface area contributed by atoms with E-state index in [1.165, 1.54) is 0 Å². The van der Waals surface area contributed by atoms with Crippen LogP contribution in [0.3, 0.4) is 0 Å². The SMILES string of the molecule is Cc1cc(NC(=O)[C@@H]2CCCN2C(=O)c2ccccc2C)no1. The molecule has 2 amide bonds. The van der Waals surface area contributed by atoms with E-state index in [1.54, 1.807) is 24.0 Å². The minimum atomic E-state index is -0.473. The molecule has 6 nitrogen and oxygen atoms in total. The van der Waals surface area contributed by atoms with Crippen molar-refractivity contribution in [3.63, 3.8) is 0 Å². The quantitative estimate of drug-likeness (QED) is 0.945. The number of benzene rings is 1. The van der Waals surface area contributed by atoms with Gasteiger partial charge in [-0.2, -0.15) is 0 Å². The summed E-state index contributed by atoms with van der Waals surface area (Å²) in [5.74, 6) is 0.678. The lowest BCUT2D eigenvalue weighted by atomic mass is 10.1. The van der Waals surface area contributed by atoms with Crippen LogP contribution in [0.4, 0.5) is 5.82 Å². The van der Waals surface area contributed by atoms with Gasteiger partial charge in [-0.3, -0.25) is 9.59 Å². The van der Waals surface area contributed by atoms with E-state index in [-0.39, 0.29) is 11.8 Å². The van der Waals surface area contributed by atoms with Gasteiger partial charge < -0.3 is 14.7 Å². The van der Waals surface area contributed by atoms with Crippen LogP contribution in [0.15, 0.2) is 34.9 Å². The van der Waals surface area contributed by atoms with Crippen LogP contribution in [0.1, 0.15) is 34.5 Å². The minimum absolute atomic E-state index is 0.0999. The lowest BCUT2D eigenvalue weighted by Crippen LogP contribution is -2.43. The van der Waals surface area contributed by atoms with Crippen molar-refractivity contribution in [3.05, 3.63) is 47.2 Å². The van der Waals surface area contributed by atoms with Crippen LogP contribution < -0.4 is 5.32 Å². The average Bonchev–Trinajstić information content (AvgIpc) is 3.16. The van der Waals surface area contributed by atoms with Gasteiger partial charge in [0.15, 0.2) is 5.82 Å². The summed E-state index contributed by atoms with van der Waals surface area (Å²) in [6, 6.07) is 8.61. The molecule has 0 aliphatic carbocycles. The highest BCUT2D eigenvalue weighted by atomic mass is 16.5. The molecule has 0 spiro atoms. The second-order valence-electron chi connectivity index (χ2n) is 5.78. The number of anilines is 1. The molecule has 120 valence electrons. The first-order chi connectivity index (χ1) is 11.1. The predicted octanol–water partition coefficient (Wildman–Crippen LogP) is 2.53. The predicted molar refractivity (Wildman–Crippen MR) is 85.1 cm³/mol. The van der Waals surface area contributed by atoms with Gasteiger partial charge in [0.2, 0.25) is 5.91 Å². The molecular formula is C17H19N3O3. The number of hydrogen-bond donors (Lipinski definition) is 1. The average molecular weight is 313 g/mol. The Morgan fingerprint density at radius 1 is 1.30 bits per heavy atom. The fraction of sp³-hybridized carbons (Fsp3) is 0.353. The molecule has 2 aromatic rings. The molecule has 0 bridgehead atoms. The molecule has 1 atom stereocenters. The Hall–Kier alpha value is -2.63. The van der Waals surface area contributed by atoms with Crippen molar-refractivity contribution in [2.75, 3.05) is 11.9 Å². The largest absolute Gasteiger partial charge is 0.360 e. The molecule has 3 rings (SSSR count). The molecular weight excluding hydrogens is 294 g/mol. The third-order valence-corrected chi connectivity index (χ3v) is 4.07. The summed E-state index contributed by atoms with van der Waals surface area (Å²) in [5, 5.41) is 6.48. The first-order valence-electron chi connectivity index (χ1n) is 7.67. The molecule has 0 unspecified atom stereocenters. The minimum Gasteiger partial charge on any atom is -0.360 e. The first kappa shape index (κ1) is 15.3. The van der Waals surface area contributed by atoms with Crippen LogP contribution in [0, 0.1) is 13.8 Å². The van der Waals surface area contributed by atoms with E-state index in [2.05, 4.69) is 10.5 Å². The van der Waals surface area contributed by atoms with Gasteiger partial charge >= 0.3 is 0 Å². The number of likely N-dealkylation sites (tertiary alicyclic amines) is 1. The molecule has 1 aliphatic heterocycles. The molecule has 1 aromatic heterocycles. The van der Waals surface area contributed by atoms with Gasteiger partial charge in [-0.25, -0.2) is 0 Å². The maximum atomic E-state index is 12.8. The zero-order valence-corrected chi connectivity index (χ0v) is 13.2. The van der Waals surface area contributed by atoms with E-state index >= 15 is 0 Å². The summed E-state index contributed by atoms with van der Waals surface area (Å²) < 4.78 is 4.94. The fourth-order valence-electron chi connectivity index (χ4n) is 2.88. The van der Waals surface area contributed by atoms with Gasteiger partial charge in [-0.1, -0.05) is 23.4 Å². The zero-order chi connectivity index (χ0) is 16.4. The van der Waals surface area contributed by atoms with Crippen molar-refractivity contribution in [1.29, 1.82) is 0 Å². The number of aryl methyl sites for hydroxylation is 2. The summed E-state index contributed by atoms with van der Waals surface area (Å²) in [4.78, 5) is 26.9. The molecule has 1 aliphatic rings. The summed E-state index contributed by atoms with van der Waals surface area (Å²) >= 11 is 0. The highest BCUT2D eigenvalue weighted by Gasteiger charge is 2.35. The molecule has 0 saturated carbocycles. The standard InChI is InChI=1S/C17H19N3O3/c1-11-6-3-4-7-13(11)17(22)20-9-5-8-14(20)16(21)18-15-10-12(2)23-19-15/h3-4,6-7,10,14H,5,8-9H2,1-2H3,(H,18,19,21)/t14-/m0/s1. The molecule has 6 heteroatoms. The van der Waals surface area contributed by atoms with Crippen LogP contribution in [0.5, 0.6) is 0 Å². The number of carbonyl (C=O) groups excluding carboxylic acids is 2. The Balaban J connectivity index is 1.76. The smallest absolute Gasteiger partial charge is 0.254 e. The van der Waals surface area contributed by atoms with Crippen LogP contribution in [0.25, 0.3) is 0 Å². The van der Waals surface area contributed by atoms with Crippen LogP contribution >= 0.6 is 0 Å². The Labute approximate surface area is 134 Å².